The van der Waals surface area contributed by atoms with Crippen molar-refractivity contribution in [1.82, 2.24) is 29.4 Å². The number of nitro groups is 1. The molecule has 4 heterocycles. The summed E-state index contributed by atoms with van der Waals surface area (Å²) in [7, 11) is 0. The molecule has 10 heteroatoms. The van der Waals surface area contributed by atoms with Crippen LogP contribution in [0.2, 0.25) is 0 Å². The van der Waals surface area contributed by atoms with Gasteiger partial charge in [-0.15, -0.1) is 16.4 Å². The molecule has 174 valence electrons. The Morgan fingerprint density at radius 2 is 2.15 bits per heavy atom. The molecule has 4 aromatic rings. The first kappa shape index (κ1) is 21.9. The Balaban J connectivity index is 1.48. The molecule has 0 bridgehead atoms. The molecular weight excluding hydrogens is 438 g/mol. The van der Waals surface area contributed by atoms with Crippen LogP contribution in [-0.2, 0) is 19.4 Å². The van der Waals surface area contributed by atoms with Gasteiger partial charge in [-0.3, -0.25) is 0 Å². The van der Waals surface area contributed by atoms with Crippen molar-refractivity contribution >= 4 is 33.0 Å². The Hall–Kier alpha value is -2.88. The molecule has 5 rings (SSSR count). The van der Waals surface area contributed by atoms with E-state index < -0.39 is 4.92 Å². The van der Waals surface area contributed by atoms with E-state index in [0.717, 1.165) is 34.4 Å². The highest BCUT2D eigenvalue weighted by Crippen LogP contribution is 2.45. The summed E-state index contributed by atoms with van der Waals surface area (Å²) < 4.78 is 3.44. The van der Waals surface area contributed by atoms with Crippen molar-refractivity contribution in [1.29, 1.82) is 0 Å². The molecule has 0 saturated carbocycles. The molecule has 4 aromatic heterocycles. The summed E-state index contributed by atoms with van der Waals surface area (Å²) in [6, 6.07) is 1.49. The van der Waals surface area contributed by atoms with Gasteiger partial charge in [-0.25, -0.2) is 14.5 Å². The maximum absolute atomic E-state index is 11.0. The fraction of sp³-hybridized carbons (Fsp3) is 0.565. The Bertz CT molecular complexity index is 1370. The minimum Gasteiger partial charge on any atom is -0.358 e. The third kappa shape index (κ3) is 3.70. The van der Waals surface area contributed by atoms with Gasteiger partial charge in [-0.2, -0.15) is 4.68 Å². The van der Waals surface area contributed by atoms with Crippen LogP contribution in [0.3, 0.4) is 0 Å². The van der Waals surface area contributed by atoms with Crippen LogP contribution in [0.5, 0.6) is 0 Å². The van der Waals surface area contributed by atoms with Gasteiger partial charge in [0.2, 0.25) is 0 Å². The number of thiophene rings is 1. The number of rotatable bonds is 6. The van der Waals surface area contributed by atoms with Crippen LogP contribution >= 0.6 is 11.3 Å². The summed E-state index contributed by atoms with van der Waals surface area (Å²) >= 11 is 1.80. The van der Waals surface area contributed by atoms with Gasteiger partial charge in [-0.1, -0.05) is 34.1 Å². The Morgan fingerprint density at radius 1 is 1.36 bits per heavy atom. The summed E-state index contributed by atoms with van der Waals surface area (Å²) in [5.41, 5.74) is 3.34. The number of hydrogen-bond acceptors (Lipinski definition) is 7. The summed E-state index contributed by atoms with van der Waals surface area (Å²) in [6.07, 6.45) is 6.29. The Kier molecular flexibility index (Phi) is 5.23. The number of aryl methyl sites for hydroxylation is 2. The molecule has 0 amide bonds. The van der Waals surface area contributed by atoms with E-state index in [-0.39, 0.29) is 11.7 Å². The van der Waals surface area contributed by atoms with Crippen molar-refractivity contribution < 1.29 is 4.92 Å². The average Bonchev–Trinajstić information content (AvgIpc) is 3.47. The van der Waals surface area contributed by atoms with Crippen LogP contribution in [0, 0.1) is 28.4 Å². The number of hydrogen-bond donors (Lipinski definition) is 0. The fourth-order valence-electron chi connectivity index (χ4n) is 4.86. The molecular formula is C23H29N7O2S. The minimum atomic E-state index is -0.467. The zero-order valence-corrected chi connectivity index (χ0v) is 20.5. The van der Waals surface area contributed by atoms with Crippen LogP contribution in [0.4, 0.5) is 5.82 Å². The zero-order chi connectivity index (χ0) is 23.5. The molecule has 0 radical (unpaired) electrons. The Labute approximate surface area is 196 Å². The van der Waals surface area contributed by atoms with Crippen LogP contribution in [0.1, 0.15) is 68.4 Å². The number of fused-ring (bicyclic) bond motifs is 5. The van der Waals surface area contributed by atoms with Crippen molar-refractivity contribution in [3.8, 4) is 0 Å². The lowest BCUT2D eigenvalue weighted by atomic mass is 9.70. The van der Waals surface area contributed by atoms with E-state index in [9.17, 15) is 10.1 Å². The second-order valence-corrected chi connectivity index (χ2v) is 11.0. The van der Waals surface area contributed by atoms with Gasteiger partial charge in [0, 0.05) is 10.8 Å². The van der Waals surface area contributed by atoms with Gasteiger partial charge < -0.3 is 10.1 Å². The first-order chi connectivity index (χ1) is 15.7. The van der Waals surface area contributed by atoms with Gasteiger partial charge in [-0.05, 0) is 48.0 Å². The maximum atomic E-state index is 11.0. The summed E-state index contributed by atoms with van der Waals surface area (Å²) in [6.45, 7) is 11.4. The van der Waals surface area contributed by atoms with Crippen LogP contribution < -0.4 is 0 Å². The van der Waals surface area contributed by atoms with E-state index in [1.807, 2.05) is 13.8 Å². The molecule has 1 aliphatic rings. The molecule has 2 atom stereocenters. The highest BCUT2D eigenvalue weighted by atomic mass is 32.1. The van der Waals surface area contributed by atoms with E-state index in [2.05, 4.69) is 25.9 Å². The van der Waals surface area contributed by atoms with Gasteiger partial charge in [0.1, 0.15) is 11.2 Å². The van der Waals surface area contributed by atoms with Crippen molar-refractivity contribution in [3.05, 3.63) is 44.5 Å². The van der Waals surface area contributed by atoms with Gasteiger partial charge >= 0.3 is 5.82 Å². The van der Waals surface area contributed by atoms with E-state index in [0.29, 0.717) is 23.7 Å². The molecule has 0 aliphatic heterocycles. The third-order valence-corrected chi connectivity index (χ3v) is 8.62. The molecule has 1 aliphatic carbocycles. The van der Waals surface area contributed by atoms with Crippen LogP contribution in [0.25, 0.3) is 15.9 Å². The first-order valence-corrected chi connectivity index (χ1v) is 12.3. The normalized spacial score (nSPS) is 17.5. The molecule has 0 N–H and O–H groups in total. The van der Waals surface area contributed by atoms with Crippen LogP contribution in [0.15, 0.2) is 12.4 Å². The summed E-state index contributed by atoms with van der Waals surface area (Å²) in [5, 5.41) is 21.0. The molecule has 9 nitrogen and oxygen atoms in total. The average molecular weight is 468 g/mol. The van der Waals surface area contributed by atoms with Crippen molar-refractivity contribution in [2.75, 3.05) is 0 Å². The molecule has 0 spiro atoms. The third-order valence-electron chi connectivity index (χ3n) is 7.46. The second-order valence-electron chi connectivity index (χ2n) is 9.93. The topological polar surface area (TPSA) is 104 Å². The van der Waals surface area contributed by atoms with Crippen molar-refractivity contribution in [2.24, 2.45) is 11.3 Å². The predicted molar refractivity (Wildman–Crippen MR) is 128 cm³/mol. The van der Waals surface area contributed by atoms with E-state index in [1.165, 1.54) is 29.3 Å². The van der Waals surface area contributed by atoms with Crippen molar-refractivity contribution in [3.63, 3.8) is 0 Å². The molecule has 33 heavy (non-hydrogen) atoms. The summed E-state index contributed by atoms with van der Waals surface area (Å²) in [5.74, 6) is 1.20. The van der Waals surface area contributed by atoms with E-state index >= 15 is 0 Å². The lowest BCUT2D eigenvalue weighted by molar-refractivity contribution is -0.389. The lowest BCUT2D eigenvalue weighted by Crippen LogP contribution is -2.28. The largest absolute Gasteiger partial charge is 0.390 e. The van der Waals surface area contributed by atoms with Crippen molar-refractivity contribution in [2.45, 2.75) is 72.8 Å². The van der Waals surface area contributed by atoms with Crippen LogP contribution in [-0.4, -0.2) is 34.3 Å². The monoisotopic (exact) mass is 467 g/mol. The van der Waals surface area contributed by atoms with E-state index in [4.69, 9.17) is 15.1 Å². The molecule has 0 aromatic carbocycles. The highest BCUT2D eigenvalue weighted by Gasteiger charge is 2.33. The number of aromatic nitrogens is 6. The fourth-order valence-corrected chi connectivity index (χ4v) is 6.12. The SMILES string of the molecule is CCC(C)(C)C1CCc2c(sc3ncn4nc(C(C)Cn5nc([N+](=O)[O-])cc5C)nc4c23)C1. The number of nitrogens with zero attached hydrogens (tertiary/aromatic N) is 7. The molecule has 0 fully saturated rings. The molecule has 2 unspecified atom stereocenters. The standard InChI is InChI=1S/C23H29N7O2S/c1-6-23(4,5)15-7-8-16-17(10-15)33-22-19(16)21-25-20(27-29(21)12-24-22)13(2)11-28-14(3)9-18(26-28)30(31)32/h9,12-13,15H,6-8,10-11H2,1-5H3. The Morgan fingerprint density at radius 3 is 2.85 bits per heavy atom. The lowest BCUT2D eigenvalue weighted by Gasteiger charge is -2.36. The predicted octanol–water partition coefficient (Wildman–Crippen LogP) is 5.10. The second kappa shape index (κ2) is 7.86. The quantitative estimate of drug-likeness (QED) is 0.289. The van der Waals surface area contributed by atoms with E-state index in [1.54, 1.807) is 26.9 Å². The minimum absolute atomic E-state index is 0.0534. The first-order valence-electron chi connectivity index (χ1n) is 11.5. The van der Waals surface area contributed by atoms with Gasteiger partial charge in [0.15, 0.2) is 11.5 Å². The van der Waals surface area contributed by atoms with Gasteiger partial charge in [0.25, 0.3) is 0 Å². The van der Waals surface area contributed by atoms with Gasteiger partial charge in [0.05, 0.1) is 28.8 Å². The summed E-state index contributed by atoms with van der Waals surface area (Å²) in [4.78, 5) is 22.7. The smallest absolute Gasteiger partial charge is 0.358 e. The zero-order valence-electron chi connectivity index (χ0n) is 19.7. The maximum Gasteiger partial charge on any atom is 0.390 e. The highest BCUT2D eigenvalue weighted by molar-refractivity contribution is 7.19. The molecule has 0 saturated heterocycles.